The second-order valence-corrected chi connectivity index (χ2v) is 10.1. The molecule has 1 aliphatic rings. The van der Waals surface area contributed by atoms with Crippen molar-refractivity contribution in [1.82, 2.24) is 4.90 Å². The van der Waals surface area contributed by atoms with Gasteiger partial charge in [-0.05, 0) is 98.3 Å². The molecular formula is C31H36F2N2O. The van der Waals surface area contributed by atoms with Gasteiger partial charge in [-0.25, -0.2) is 8.78 Å². The smallest absolute Gasteiger partial charge is 0.226 e. The summed E-state index contributed by atoms with van der Waals surface area (Å²) in [6.07, 6.45) is 4.05. The highest BCUT2D eigenvalue weighted by molar-refractivity contribution is 5.92. The van der Waals surface area contributed by atoms with E-state index in [9.17, 15) is 13.6 Å². The molecule has 3 aromatic carbocycles. The van der Waals surface area contributed by atoms with Crippen molar-refractivity contribution in [2.75, 3.05) is 25.0 Å². The molecule has 0 radical (unpaired) electrons. The van der Waals surface area contributed by atoms with Gasteiger partial charge in [0.1, 0.15) is 11.6 Å². The SMILES string of the molecule is CC(C)C(=O)Nc1ccccc1C1CCN(CCCC(c2ccc(F)cc2)c2ccc(F)cc2)CC1. The fraction of sp³-hybridized carbons (Fsp3) is 0.387. The molecule has 1 amide bonds. The minimum atomic E-state index is -0.246. The monoisotopic (exact) mass is 490 g/mol. The first-order valence-corrected chi connectivity index (χ1v) is 13.0. The van der Waals surface area contributed by atoms with Gasteiger partial charge in [-0.15, -0.1) is 0 Å². The number of nitrogens with one attached hydrogen (secondary N) is 1. The van der Waals surface area contributed by atoms with Crippen molar-refractivity contribution in [1.29, 1.82) is 0 Å². The molecule has 0 atom stereocenters. The number of halogens is 2. The van der Waals surface area contributed by atoms with Gasteiger partial charge in [0.2, 0.25) is 5.91 Å². The molecule has 5 heteroatoms. The number of hydrogen-bond acceptors (Lipinski definition) is 2. The number of rotatable bonds is 9. The Hall–Kier alpha value is -3.05. The van der Waals surface area contributed by atoms with Crippen molar-refractivity contribution in [2.45, 2.75) is 51.4 Å². The zero-order valence-corrected chi connectivity index (χ0v) is 21.2. The van der Waals surface area contributed by atoms with E-state index in [1.165, 1.54) is 29.8 Å². The van der Waals surface area contributed by atoms with Gasteiger partial charge in [0.15, 0.2) is 0 Å². The lowest BCUT2D eigenvalue weighted by molar-refractivity contribution is -0.118. The van der Waals surface area contributed by atoms with Crippen LogP contribution in [0.15, 0.2) is 72.8 Å². The maximum Gasteiger partial charge on any atom is 0.226 e. The standard InChI is InChI=1S/C31H36F2N2O/c1-22(2)31(36)34-30-8-4-3-6-29(30)25-17-20-35(21-18-25)19-5-7-28(23-9-13-26(32)14-10-23)24-11-15-27(33)16-12-24/h3-4,6,8-16,22,25,28H,5,7,17-21H2,1-2H3,(H,34,36). The van der Waals surface area contributed by atoms with Gasteiger partial charge in [-0.2, -0.15) is 0 Å². The molecule has 3 nitrogen and oxygen atoms in total. The number of nitrogens with zero attached hydrogens (tertiary/aromatic N) is 1. The van der Waals surface area contributed by atoms with Crippen molar-refractivity contribution in [3.63, 3.8) is 0 Å². The Morgan fingerprint density at radius 1 is 0.889 bits per heavy atom. The summed E-state index contributed by atoms with van der Waals surface area (Å²) in [6.45, 7) is 6.86. The molecule has 0 bridgehead atoms. The average Bonchev–Trinajstić information content (AvgIpc) is 2.89. The molecule has 1 saturated heterocycles. The number of piperidine rings is 1. The molecule has 1 aliphatic heterocycles. The Balaban J connectivity index is 1.33. The van der Waals surface area contributed by atoms with E-state index < -0.39 is 0 Å². The highest BCUT2D eigenvalue weighted by Gasteiger charge is 2.24. The van der Waals surface area contributed by atoms with E-state index in [1.54, 1.807) is 0 Å². The summed E-state index contributed by atoms with van der Waals surface area (Å²) in [7, 11) is 0. The van der Waals surface area contributed by atoms with E-state index in [2.05, 4.69) is 22.3 Å². The van der Waals surface area contributed by atoms with E-state index >= 15 is 0 Å². The van der Waals surface area contributed by atoms with Gasteiger partial charge in [-0.1, -0.05) is 56.3 Å². The molecular weight excluding hydrogens is 454 g/mol. The van der Waals surface area contributed by atoms with Crippen LogP contribution >= 0.6 is 0 Å². The van der Waals surface area contributed by atoms with Crippen LogP contribution in [0.25, 0.3) is 0 Å². The van der Waals surface area contributed by atoms with Crippen molar-refractivity contribution >= 4 is 11.6 Å². The summed E-state index contributed by atoms with van der Waals surface area (Å²) in [5, 5.41) is 3.10. The summed E-state index contributed by atoms with van der Waals surface area (Å²) >= 11 is 0. The van der Waals surface area contributed by atoms with E-state index in [0.29, 0.717) is 5.92 Å². The summed E-state index contributed by atoms with van der Waals surface area (Å²) in [5.74, 6) is 0.0659. The lowest BCUT2D eigenvalue weighted by Gasteiger charge is -2.33. The fourth-order valence-corrected chi connectivity index (χ4v) is 5.15. The number of anilines is 1. The molecule has 0 aliphatic carbocycles. The molecule has 1 heterocycles. The molecule has 36 heavy (non-hydrogen) atoms. The highest BCUT2D eigenvalue weighted by Crippen LogP contribution is 2.34. The van der Waals surface area contributed by atoms with Crippen LogP contribution in [-0.2, 0) is 4.79 Å². The predicted octanol–water partition coefficient (Wildman–Crippen LogP) is 7.35. The van der Waals surface area contributed by atoms with Crippen LogP contribution in [-0.4, -0.2) is 30.4 Å². The third kappa shape index (κ3) is 6.79. The second kappa shape index (κ2) is 12.3. The first kappa shape index (κ1) is 26.0. The van der Waals surface area contributed by atoms with E-state index in [4.69, 9.17) is 0 Å². The molecule has 1 N–H and O–H groups in total. The minimum Gasteiger partial charge on any atom is -0.326 e. The number of likely N-dealkylation sites (tertiary alicyclic amines) is 1. The van der Waals surface area contributed by atoms with Gasteiger partial charge in [0.25, 0.3) is 0 Å². The summed E-state index contributed by atoms with van der Waals surface area (Å²) in [4.78, 5) is 14.8. The third-order valence-electron chi connectivity index (χ3n) is 7.28. The van der Waals surface area contributed by atoms with Crippen molar-refractivity contribution in [2.24, 2.45) is 5.92 Å². The number of carbonyl (C=O) groups is 1. The van der Waals surface area contributed by atoms with Crippen LogP contribution in [0, 0.1) is 17.6 Å². The number of benzene rings is 3. The van der Waals surface area contributed by atoms with Gasteiger partial charge in [0.05, 0.1) is 0 Å². The predicted molar refractivity (Wildman–Crippen MR) is 142 cm³/mol. The average molecular weight is 491 g/mol. The van der Waals surface area contributed by atoms with Crippen LogP contribution < -0.4 is 5.32 Å². The number of amides is 1. The molecule has 0 spiro atoms. The van der Waals surface area contributed by atoms with Crippen LogP contribution in [0.3, 0.4) is 0 Å². The fourth-order valence-electron chi connectivity index (χ4n) is 5.15. The number of carbonyl (C=O) groups excluding carboxylic acids is 1. The molecule has 1 fully saturated rings. The number of para-hydroxylation sites is 1. The number of hydrogen-bond donors (Lipinski definition) is 1. The van der Waals surface area contributed by atoms with Crippen molar-refractivity contribution in [3.05, 3.63) is 101 Å². The Kier molecular flexibility index (Phi) is 8.87. The molecule has 4 rings (SSSR count). The lowest BCUT2D eigenvalue weighted by atomic mass is 9.86. The summed E-state index contributed by atoms with van der Waals surface area (Å²) in [5.41, 5.74) is 4.29. The Labute approximate surface area is 213 Å². The summed E-state index contributed by atoms with van der Waals surface area (Å²) in [6, 6.07) is 21.5. The van der Waals surface area contributed by atoms with Gasteiger partial charge in [-0.3, -0.25) is 4.79 Å². The summed E-state index contributed by atoms with van der Waals surface area (Å²) < 4.78 is 27.0. The van der Waals surface area contributed by atoms with Crippen LogP contribution in [0.5, 0.6) is 0 Å². The first-order valence-electron chi connectivity index (χ1n) is 13.0. The molecule has 190 valence electrons. The van der Waals surface area contributed by atoms with Crippen molar-refractivity contribution in [3.8, 4) is 0 Å². The highest BCUT2D eigenvalue weighted by atomic mass is 19.1. The largest absolute Gasteiger partial charge is 0.326 e. The topological polar surface area (TPSA) is 32.3 Å². The Bertz CT molecular complexity index is 1070. The van der Waals surface area contributed by atoms with Crippen LogP contribution in [0.2, 0.25) is 0 Å². The molecule has 0 aromatic heterocycles. The first-order chi connectivity index (χ1) is 17.4. The minimum absolute atomic E-state index is 0.0476. The zero-order valence-electron chi connectivity index (χ0n) is 21.2. The molecule has 0 saturated carbocycles. The van der Waals surface area contributed by atoms with Crippen LogP contribution in [0.4, 0.5) is 14.5 Å². The van der Waals surface area contributed by atoms with Gasteiger partial charge < -0.3 is 10.2 Å². The van der Waals surface area contributed by atoms with E-state index in [0.717, 1.165) is 62.1 Å². The van der Waals surface area contributed by atoms with Gasteiger partial charge in [0, 0.05) is 17.5 Å². The Morgan fingerprint density at radius 3 is 2.00 bits per heavy atom. The third-order valence-corrected chi connectivity index (χ3v) is 7.28. The van der Waals surface area contributed by atoms with E-state index in [-0.39, 0.29) is 29.4 Å². The van der Waals surface area contributed by atoms with E-state index in [1.807, 2.05) is 50.2 Å². The van der Waals surface area contributed by atoms with Crippen LogP contribution in [0.1, 0.15) is 68.1 Å². The zero-order chi connectivity index (χ0) is 25.5. The lowest BCUT2D eigenvalue weighted by Crippen LogP contribution is -2.34. The van der Waals surface area contributed by atoms with Crippen molar-refractivity contribution < 1.29 is 13.6 Å². The second-order valence-electron chi connectivity index (χ2n) is 10.1. The Morgan fingerprint density at radius 2 is 1.44 bits per heavy atom. The maximum atomic E-state index is 13.5. The molecule has 0 unspecified atom stereocenters. The quantitative estimate of drug-likeness (QED) is 0.340. The van der Waals surface area contributed by atoms with Gasteiger partial charge >= 0.3 is 0 Å². The molecule has 3 aromatic rings. The normalized spacial score (nSPS) is 14.9. The maximum absolute atomic E-state index is 13.5.